The van der Waals surface area contributed by atoms with Crippen molar-refractivity contribution >= 4 is 5.78 Å². The highest BCUT2D eigenvalue weighted by atomic mass is 16.1. The molecule has 14 heavy (non-hydrogen) atoms. The summed E-state index contributed by atoms with van der Waals surface area (Å²) in [6.45, 7) is 14.3. The van der Waals surface area contributed by atoms with Crippen LogP contribution in [0.2, 0.25) is 0 Å². The summed E-state index contributed by atoms with van der Waals surface area (Å²) in [4.78, 5) is 14.2. The molecule has 0 rings (SSSR count). The highest BCUT2D eigenvalue weighted by molar-refractivity contribution is 5.87. The van der Waals surface area contributed by atoms with Gasteiger partial charge in [-0.1, -0.05) is 27.7 Å². The molecule has 0 atom stereocenters. The van der Waals surface area contributed by atoms with E-state index in [9.17, 15) is 4.79 Å². The molecule has 0 heterocycles. The molecule has 0 fully saturated rings. The summed E-state index contributed by atoms with van der Waals surface area (Å²) in [6.07, 6.45) is 0.684. The number of Topliss-reactive ketones (excluding diaryl/α,β-unsaturated/α-hetero) is 1. The van der Waals surface area contributed by atoms with Crippen molar-refractivity contribution in [2.24, 2.45) is 5.92 Å². The number of hydrogen-bond acceptors (Lipinski definition) is 2. The number of hydrogen-bond donors (Lipinski definition) is 0. The molecule has 0 bridgehead atoms. The predicted molar refractivity (Wildman–Crippen MR) is 61.5 cm³/mol. The van der Waals surface area contributed by atoms with E-state index in [0.29, 0.717) is 18.1 Å². The van der Waals surface area contributed by atoms with Gasteiger partial charge >= 0.3 is 0 Å². The van der Waals surface area contributed by atoms with Crippen molar-refractivity contribution < 1.29 is 4.79 Å². The van der Waals surface area contributed by atoms with E-state index in [1.807, 2.05) is 13.8 Å². The fourth-order valence-electron chi connectivity index (χ4n) is 1.81. The Labute approximate surface area is 88.7 Å². The second kappa shape index (κ2) is 5.50. The van der Waals surface area contributed by atoms with Crippen molar-refractivity contribution in [3.8, 4) is 0 Å². The Hall–Kier alpha value is -0.370. The van der Waals surface area contributed by atoms with Gasteiger partial charge in [-0.05, 0) is 32.9 Å². The molecule has 0 amide bonds. The minimum atomic E-state index is -0.298. The zero-order valence-electron chi connectivity index (χ0n) is 10.6. The van der Waals surface area contributed by atoms with E-state index in [2.05, 4.69) is 32.6 Å². The molecule has 84 valence electrons. The lowest BCUT2D eigenvalue weighted by atomic mass is 9.90. The van der Waals surface area contributed by atoms with E-state index in [4.69, 9.17) is 0 Å². The van der Waals surface area contributed by atoms with E-state index >= 15 is 0 Å². The van der Waals surface area contributed by atoms with Gasteiger partial charge in [-0.2, -0.15) is 0 Å². The first-order valence-corrected chi connectivity index (χ1v) is 5.64. The average molecular weight is 199 g/mol. The molecule has 0 unspecified atom stereocenters. The monoisotopic (exact) mass is 199 g/mol. The predicted octanol–water partition coefficient (Wildman–Crippen LogP) is 2.72. The van der Waals surface area contributed by atoms with Crippen LogP contribution < -0.4 is 0 Å². The van der Waals surface area contributed by atoms with Crippen LogP contribution in [0.15, 0.2) is 0 Å². The zero-order valence-corrected chi connectivity index (χ0v) is 10.6. The maximum absolute atomic E-state index is 12.0. The van der Waals surface area contributed by atoms with E-state index in [0.717, 1.165) is 13.1 Å². The SMILES string of the molecule is CCN(CC)C(C)(C)C(=O)CC(C)C. The van der Waals surface area contributed by atoms with Gasteiger partial charge in [-0.15, -0.1) is 0 Å². The van der Waals surface area contributed by atoms with Gasteiger partial charge < -0.3 is 0 Å². The van der Waals surface area contributed by atoms with E-state index in [1.54, 1.807) is 0 Å². The topological polar surface area (TPSA) is 20.3 Å². The van der Waals surface area contributed by atoms with Gasteiger partial charge in [-0.25, -0.2) is 0 Å². The number of carbonyl (C=O) groups is 1. The van der Waals surface area contributed by atoms with Crippen molar-refractivity contribution in [2.45, 2.75) is 53.5 Å². The van der Waals surface area contributed by atoms with E-state index in [1.165, 1.54) is 0 Å². The Kier molecular flexibility index (Phi) is 5.35. The van der Waals surface area contributed by atoms with Crippen molar-refractivity contribution in [3.63, 3.8) is 0 Å². The largest absolute Gasteiger partial charge is 0.298 e. The summed E-state index contributed by atoms with van der Waals surface area (Å²) in [6, 6.07) is 0. The third-order valence-electron chi connectivity index (χ3n) is 2.83. The van der Waals surface area contributed by atoms with Gasteiger partial charge in [0.2, 0.25) is 0 Å². The van der Waals surface area contributed by atoms with Crippen LogP contribution in [0.25, 0.3) is 0 Å². The first kappa shape index (κ1) is 13.6. The summed E-state index contributed by atoms with van der Waals surface area (Å²) in [5, 5.41) is 0. The molecule has 0 saturated carbocycles. The number of nitrogens with zero attached hydrogens (tertiary/aromatic N) is 1. The molecular formula is C12H25NO. The number of rotatable bonds is 6. The second-order valence-electron chi connectivity index (χ2n) is 4.75. The van der Waals surface area contributed by atoms with Crippen LogP contribution in [0.5, 0.6) is 0 Å². The zero-order chi connectivity index (χ0) is 11.4. The lowest BCUT2D eigenvalue weighted by molar-refractivity contribution is -0.130. The second-order valence-corrected chi connectivity index (χ2v) is 4.75. The Morgan fingerprint density at radius 1 is 1.21 bits per heavy atom. The Bertz CT molecular complexity index is 181. The van der Waals surface area contributed by atoms with Crippen LogP contribution in [0.3, 0.4) is 0 Å². The Morgan fingerprint density at radius 3 is 1.93 bits per heavy atom. The summed E-state index contributed by atoms with van der Waals surface area (Å²) < 4.78 is 0. The van der Waals surface area contributed by atoms with Gasteiger partial charge in [0.05, 0.1) is 5.54 Å². The van der Waals surface area contributed by atoms with Gasteiger partial charge in [0.15, 0.2) is 5.78 Å². The van der Waals surface area contributed by atoms with Crippen molar-refractivity contribution in [1.82, 2.24) is 4.90 Å². The van der Waals surface area contributed by atoms with Crippen molar-refractivity contribution in [3.05, 3.63) is 0 Å². The number of carbonyl (C=O) groups excluding carboxylic acids is 1. The molecule has 0 aromatic rings. The summed E-state index contributed by atoms with van der Waals surface area (Å²) in [5.74, 6) is 0.813. The Balaban J connectivity index is 4.49. The molecule has 0 aliphatic rings. The van der Waals surface area contributed by atoms with Gasteiger partial charge in [0, 0.05) is 6.42 Å². The molecule has 0 spiro atoms. The van der Waals surface area contributed by atoms with Gasteiger partial charge in [0.1, 0.15) is 0 Å². The highest BCUT2D eigenvalue weighted by Gasteiger charge is 2.32. The molecule has 0 saturated heterocycles. The molecule has 0 N–H and O–H groups in total. The molecule has 0 aromatic carbocycles. The van der Waals surface area contributed by atoms with Gasteiger partial charge in [0.25, 0.3) is 0 Å². The van der Waals surface area contributed by atoms with Crippen LogP contribution in [0.1, 0.15) is 48.0 Å². The molecule has 0 aliphatic heterocycles. The van der Waals surface area contributed by atoms with Crippen LogP contribution in [0.4, 0.5) is 0 Å². The summed E-state index contributed by atoms with van der Waals surface area (Å²) in [5.41, 5.74) is -0.298. The van der Waals surface area contributed by atoms with Crippen LogP contribution >= 0.6 is 0 Å². The van der Waals surface area contributed by atoms with Crippen LogP contribution in [0, 0.1) is 5.92 Å². The fraction of sp³-hybridized carbons (Fsp3) is 0.917. The van der Waals surface area contributed by atoms with Crippen molar-refractivity contribution in [2.75, 3.05) is 13.1 Å². The molecule has 2 nitrogen and oxygen atoms in total. The van der Waals surface area contributed by atoms with Crippen molar-refractivity contribution in [1.29, 1.82) is 0 Å². The van der Waals surface area contributed by atoms with Crippen LogP contribution in [-0.2, 0) is 4.79 Å². The molecule has 0 aromatic heterocycles. The minimum absolute atomic E-state index is 0.298. The van der Waals surface area contributed by atoms with E-state index in [-0.39, 0.29) is 5.54 Å². The smallest absolute Gasteiger partial charge is 0.152 e. The maximum Gasteiger partial charge on any atom is 0.152 e. The van der Waals surface area contributed by atoms with E-state index < -0.39 is 0 Å². The molecular weight excluding hydrogens is 174 g/mol. The third kappa shape index (κ3) is 3.41. The lowest BCUT2D eigenvalue weighted by Gasteiger charge is -2.36. The molecule has 0 radical (unpaired) electrons. The summed E-state index contributed by atoms with van der Waals surface area (Å²) >= 11 is 0. The summed E-state index contributed by atoms with van der Waals surface area (Å²) in [7, 11) is 0. The number of likely N-dealkylation sites (N-methyl/N-ethyl adjacent to an activating group) is 1. The molecule has 0 aliphatic carbocycles. The van der Waals surface area contributed by atoms with Gasteiger partial charge in [-0.3, -0.25) is 9.69 Å². The molecule has 2 heteroatoms. The standard InChI is InChI=1S/C12H25NO/c1-7-13(8-2)12(5,6)11(14)9-10(3)4/h10H,7-9H2,1-6H3. The quantitative estimate of drug-likeness (QED) is 0.655. The lowest BCUT2D eigenvalue weighted by Crippen LogP contribution is -2.50. The first-order chi connectivity index (χ1) is 6.36. The Morgan fingerprint density at radius 2 is 1.64 bits per heavy atom. The normalized spacial score (nSPS) is 12.6. The minimum Gasteiger partial charge on any atom is -0.298 e. The number of ketones is 1. The fourth-order valence-corrected chi connectivity index (χ4v) is 1.81. The van der Waals surface area contributed by atoms with Crippen LogP contribution in [-0.4, -0.2) is 29.3 Å². The third-order valence-corrected chi connectivity index (χ3v) is 2.83. The maximum atomic E-state index is 12.0. The first-order valence-electron chi connectivity index (χ1n) is 5.64. The average Bonchev–Trinajstić information content (AvgIpc) is 2.04. The highest BCUT2D eigenvalue weighted by Crippen LogP contribution is 2.19.